The number of hydrogen-bond donors (Lipinski definition) is 0. The van der Waals surface area contributed by atoms with E-state index < -0.39 is 9.84 Å². The zero-order valence-electron chi connectivity index (χ0n) is 11.3. The Balaban J connectivity index is 2.05. The molecule has 0 atom stereocenters. The molecule has 5 nitrogen and oxygen atoms in total. The summed E-state index contributed by atoms with van der Waals surface area (Å²) in [5, 5.41) is 0. The van der Waals surface area contributed by atoms with E-state index in [1.807, 2.05) is 6.07 Å². The number of sulfone groups is 1. The minimum Gasteiger partial charge on any atom is -0.309 e. The average Bonchev–Trinajstić information content (AvgIpc) is 2.76. The lowest BCUT2D eigenvalue weighted by Gasteiger charge is -2.25. The van der Waals surface area contributed by atoms with E-state index in [0.29, 0.717) is 25.1 Å². The molecular weight excluding hydrogens is 378 g/mol. The van der Waals surface area contributed by atoms with Crippen molar-refractivity contribution in [1.29, 1.82) is 0 Å². The fourth-order valence-electron chi connectivity index (χ4n) is 2.78. The van der Waals surface area contributed by atoms with Crippen molar-refractivity contribution < 1.29 is 8.42 Å². The second-order valence-corrected chi connectivity index (χ2v) is 8.81. The van der Waals surface area contributed by atoms with Crippen LogP contribution in [0.25, 0.3) is 11.2 Å². The molecule has 114 valence electrons. The van der Waals surface area contributed by atoms with Gasteiger partial charge in [0.05, 0.1) is 11.5 Å². The van der Waals surface area contributed by atoms with E-state index in [4.69, 9.17) is 11.6 Å². The van der Waals surface area contributed by atoms with Gasteiger partial charge in [-0.15, -0.1) is 11.6 Å². The molecule has 1 aliphatic rings. The lowest BCUT2D eigenvalue weighted by atomic mass is 10.1. The quantitative estimate of drug-likeness (QED) is 0.753. The van der Waals surface area contributed by atoms with Gasteiger partial charge in [-0.3, -0.25) is 0 Å². The first kappa shape index (κ1) is 15.2. The molecule has 0 N–H and O–H groups in total. The zero-order valence-corrected chi connectivity index (χ0v) is 14.5. The Morgan fingerprint density at radius 3 is 2.76 bits per heavy atom. The fourth-order valence-corrected chi connectivity index (χ4v) is 4.74. The van der Waals surface area contributed by atoms with Crippen LogP contribution in [-0.2, 0) is 16.3 Å². The highest BCUT2D eigenvalue weighted by molar-refractivity contribution is 9.10. The highest BCUT2D eigenvalue weighted by atomic mass is 79.9. The van der Waals surface area contributed by atoms with Gasteiger partial charge in [0.15, 0.2) is 5.65 Å². The van der Waals surface area contributed by atoms with Crippen molar-refractivity contribution in [2.24, 2.45) is 0 Å². The van der Waals surface area contributed by atoms with Gasteiger partial charge in [-0.1, -0.05) is 0 Å². The molecule has 0 aliphatic carbocycles. The first-order chi connectivity index (χ1) is 10.00. The summed E-state index contributed by atoms with van der Waals surface area (Å²) in [6.07, 6.45) is 3.62. The summed E-state index contributed by atoms with van der Waals surface area (Å²) >= 11 is 9.27. The molecule has 0 radical (unpaired) electrons. The molecule has 21 heavy (non-hydrogen) atoms. The number of aromatic nitrogens is 3. The summed E-state index contributed by atoms with van der Waals surface area (Å²) in [5.41, 5.74) is 1.63. The molecule has 2 aromatic rings. The average molecular weight is 393 g/mol. The molecule has 0 aromatic carbocycles. The number of rotatable bonds is 3. The summed E-state index contributed by atoms with van der Waals surface area (Å²) in [7, 11) is -2.88. The molecule has 0 saturated carbocycles. The Morgan fingerprint density at radius 2 is 2.10 bits per heavy atom. The van der Waals surface area contributed by atoms with Crippen LogP contribution in [0.5, 0.6) is 0 Å². The Hall–Kier alpha value is -0.660. The SMILES string of the molecule is O=S1(=O)CCC(n2c(CCCl)nc3cc(Br)cnc32)CC1. The maximum absolute atomic E-state index is 11.6. The van der Waals surface area contributed by atoms with E-state index >= 15 is 0 Å². The number of halogens is 2. The van der Waals surface area contributed by atoms with Crippen LogP contribution in [0.4, 0.5) is 0 Å². The molecule has 1 aliphatic heterocycles. The molecular formula is C13H15BrClN3O2S. The fraction of sp³-hybridized carbons (Fsp3) is 0.538. The minimum absolute atomic E-state index is 0.130. The summed E-state index contributed by atoms with van der Waals surface area (Å²) in [6, 6.07) is 2.06. The third-order valence-corrected chi connectivity index (χ3v) is 6.12. The zero-order chi connectivity index (χ0) is 15.0. The van der Waals surface area contributed by atoms with Gasteiger partial charge in [0.2, 0.25) is 0 Å². The first-order valence-electron chi connectivity index (χ1n) is 6.79. The van der Waals surface area contributed by atoms with Gasteiger partial charge < -0.3 is 4.57 Å². The largest absolute Gasteiger partial charge is 0.309 e. The van der Waals surface area contributed by atoms with Gasteiger partial charge >= 0.3 is 0 Å². The lowest BCUT2D eigenvalue weighted by Crippen LogP contribution is -2.26. The third kappa shape index (κ3) is 3.10. The molecule has 8 heteroatoms. The lowest BCUT2D eigenvalue weighted by molar-refractivity contribution is 0.445. The Morgan fingerprint density at radius 1 is 1.38 bits per heavy atom. The predicted octanol–water partition coefficient (Wildman–Crippen LogP) is 2.72. The standard InChI is InChI=1S/C13H15BrClN3O2S/c14-9-7-11-13(16-8-9)18(12(17-11)1-4-15)10-2-5-21(19,20)6-3-10/h7-8,10H,1-6H2. The number of nitrogens with zero attached hydrogens (tertiary/aromatic N) is 3. The molecule has 3 heterocycles. The molecule has 0 unspecified atom stereocenters. The normalized spacial score (nSPS) is 19.1. The summed E-state index contributed by atoms with van der Waals surface area (Å²) in [4.78, 5) is 9.07. The predicted molar refractivity (Wildman–Crippen MR) is 86.6 cm³/mol. The Kier molecular flexibility index (Phi) is 4.25. The molecule has 1 fully saturated rings. The second kappa shape index (κ2) is 5.85. The topological polar surface area (TPSA) is 64.8 Å². The van der Waals surface area contributed by atoms with Crippen LogP contribution >= 0.6 is 27.5 Å². The van der Waals surface area contributed by atoms with E-state index in [1.165, 1.54) is 0 Å². The number of imidazole rings is 1. The molecule has 3 rings (SSSR count). The maximum Gasteiger partial charge on any atom is 0.160 e. The number of hydrogen-bond acceptors (Lipinski definition) is 4. The van der Waals surface area contributed by atoms with Crippen molar-refractivity contribution in [3.8, 4) is 0 Å². The summed E-state index contributed by atoms with van der Waals surface area (Å²) in [6.45, 7) is 0. The van der Waals surface area contributed by atoms with Gasteiger partial charge in [-0.2, -0.15) is 0 Å². The summed E-state index contributed by atoms with van der Waals surface area (Å²) in [5.74, 6) is 1.83. The molecule has 2 aromatic heterocycles. The maximum atomic E-state index is 11.6. The van der Waals surface area contributed by atoms with Crippen molar-refractivity contribution in [3.63, 3.8) is 0 Å². The highest BCUT2D eigenvalue weighted by Crippen LogP contribution is 2.30. The van der Waals surface area contributed by atoms with Crippen molar-refractivity contribution in [3.05, 3.63) is 22.6 Å². The van der Waals surface area contributed by atoms with Gasteiger partial charge in [-0.25, -0.2) is 18.4 Å². The number of pyridine rings is 1. The van der Waals surface area contributed by atoms with Crippen LogP contribution < -0.4 is 0 Å². The van der Waals surface area contributed by atoms with Crippen molar-refractivity contribution in [2.45, 2.75) is 25.3 Å². The van der Waals surface area contributed by atoms with E-state index in [2.05, 4.69) is 30.5 Å². The molecule has 0 amide bonds. The first-order valence-corrected chi connectivity index (χ1v) is 9.94. The molecule has 1 saturated heterocycles. The van der Waals surface area contributed by atoms with Gasteiger partial charge in [0.25, 0.3) is 0 Å². The van der Waals surface area contributed by atoms with Crippen LogP contribution in [0, 0.1) is 0 Å². The van der Waals surface area contributed by atoms with Crippen molar-refractivity contribution >= 4 is 48.5 Å². The van der Waals surface area contributed by atoms with E-state index in [0.717, 1.165) is 21.5 Å². The Bertz CT molecular complexity index is 761. The Labute approximate surface area is 136 Å². The van der Waals surface area contributed by atoms with E-state index in [9.17, 15) is 8.42 Å². The second-order valence-electron chi connectivity index (χ2n) is 5.22. The number of alkyl halides is 1. The number of aryl methyl sites for hydroxylation is 1. The van der Waals surface area contributed by atoms with Crippen molar-refractivity contribution in [1.82, 2.24) is 14.5 Å². The van der Waals surface area contributed by atoms with E-state index in [-0.39, 0.29) is 17.5 Å². The van der Waals surface area contributed by atoms with Crippen LogP contribution in [0.1, 0.15) is 24.7 Å². The van der Waals surface area contributed by atoms with Crippen LogP contribution in [0.15, 0.2) is 16.7 Å². The van der Waals surface area contributed by atoms with E-state index in [1.54, 1.807) is 6.20 Å². The van der Waals surface area contributed by atoms with Gasteiger partial charge in [0.1, 0.15) is 21.2 Å². The van der Waals surface area contributed by atoms with Crippen LogP contribution in [0.3, 0.4) is 0 Å². The minimum atomic E-state index is -2.88. The monoisotopic (exact) mass is 391 g/mol. The van der Waals surface area contributed by atoms with Gasteiger partial charge in [0, 0.05) is 29.0 Å². The smallest absolute Gasteiger partial charge is 0.160 e. The van der Waals surface area contributed by atoms with Gasteiger partial charge in [-0.05, 0) is 34.8 Å². The van der Waals surface area contributed by atoms with Crippen molar-refractivity contribution in [2.75, 3.05) is 17.4 Å². The number of fused-ring (bicyclic) bond motifs is 1. The molecule has 0 spiro atoms. The van der Waals surface area contributed by atoms with Crippen LogP contribution in [0.2, 0.25) is 0 Å². The molecule has 0 bridgehead atoms. The highest BCUT2D eigenvalue weighted by Gasteiger charge is 2.28. The summed E-state index contributed by atoms with van der Waals surface area (Å²) < 4.78 is 26.2. The third-order valence-electron chi connectivity index (χ3n) is 3.78. The van der Waals surface area contributed by atoms with Crippen LogP contribution in [-0.4, -0.2) is 40.3 Å².